The maximum absolute atomic E-state index is 11.6. The zero-order chi connectivity index (χ0) is 11.9. The highest BCUT2D eigenvalue weighted by atomic mass is 16.1. The van der Waals surface area contributed by atoms with Crippen LogP contribution < -0.4 is 0 Å². The molecule has 2 rings (SSSR count). The Hall–Kier alpha value is -1.11. The fraction of sp³-hybridized carbons (Fsp3) is 0.533. The topological polar surface area (TPSA) is 17.1 Å². The van der Waals surface area contributed by atoms with Crippen LogP contribution in [-0.2, 0) is 4.79 Å². The number of rotatable bonds is 1. The second-order valence-electron chi connectivity index (χ2n) is 5.60. The first-order valence-electron chi connectivity index (χ1n) is 6.02. The van der Waals surface area contributed by atoms with Gasteiger partial charge in [-0.05, 0) is 42.2 Å². The van der Waals surface area contributed by atoms with Gasteiger partial charge in [0.25, 0.3) is 0 Å². The Morgan fingerprint density at radius 1 is 1.56 bits per heavy atom. The smallest absolute Gasteiger partial charge is 0.156 e. The SMILES string of the molecule is C=C(C)[C@@H]1C=CC2=CC(=O)C[C@@H](C)[C@]2(C)C1. The summed E-state index contributed by atoms with van der Waals surface area (Å²) in [5.41, 5.74) is 2.60. The van der Waals surface area contributed by atoms with Gasteiger partial charge in [-0.25, -0.2) is 0 Å². The summed E-state index contributed by atoms with van der Waals surface area (Å²) in [6.07, 6.45) is 7.96. The highest BCUT2D eigenvalue weighted by Gasteiger charge is 2.41. The predicted molar refractivity (Wildman–Crippen MR) is 67.0 cm³/mol. The summed E-state index contributed by atoms with van der Waals surface area (Å²) in [5.74, 6) is 1.18. The lowest BCUT2D eigenvalue weighted by Gasteiger charge is -2.44. The molecule has 0 fully saturated rings. The van der Waals surface area contributed by atoms with Crippen molar-refractivity contribution < 1.29 is 4.79 Å². The molecule has 1 heteroatoms. The van der Waals surface area contributed by atoms with E-state index in [9.17, 15) is 4.79 Å². The van der Waals surface area contributed by atoms with E-state index in [4.69, 9.17) is 0 Å². The molecule has 0 radical (unpaired) electrons. The van der Waals surface area contributed by atoms with Gasteiger partial charge < -0.3 is 0 Å². The number of carbonyl (C=O) groups is 1. The van der Waals surface area contributed by atoms with Crippen molar-refractivity contribution >= 4 is 5.78 Å². The van der Waals surface area contributed by atoms with Gasteiger partial charge in [0.1, 0.15) is 0 Å². The molecule has 0 saturated heterocycles. The molecule has 0 saturated carbocycles. The lowest BCUT2D eigenvalue weighted by atomic mass is 9.60. The molecule has 0 heterocycles. The van der Waals surface area contributed by atoms with E-state index >= 15 is 0 Å². The van der Waals surface area contributed by atoms with Crippen molar-refractivity contribution in [2.75, 3.05) is 0 Å². The van der Waals surface area contributed by atoms with E-state index in [1.54, 1.807) is 0 Å². The number of allylic oxidation sites excluding steroid dienone is 5. The van der Waals surface area contributed by atoms with Gasteiger partial charge >= 0.3 is 0 Å². The molecule has 0 aromatic carbocycles. The van der Waals surface area contributed by atoms with E-state index in [1.807, 2.05) is 6.08 Å². The lowest BCUT2D eigenvalue weighted by Crippen LogP contribution is -2.36. The number of hydrogen-bond acceptors (Lipinski definition) is 1. The monoisotopic (exact) mass is 216 g/mol. The molecular formula is C15H20O. The highest BCUT2D eigenvalue weighted by Crippen LogP contribution is 2.49. The first-order valence-corrected chi connectivity index (χ1v) is 6.02. The third kappa shape index (κ3) is 1.68. The van der Waals surface area contributed by atoms with E-state index in [-0.39, 0.29) is 11.2 Å². The van der Waals surface area contributed by atoms with Gasteiger partial charge in [-0.3, -0.25) is 4.79 Å². The van der Waals surface area contributed by atoms with Crippen LogP contribution in [0.15, 0.2) is 36.0 Å². The van der Waals surface area contributed by atoms with Crippen LogP contribution in [0.5, 0.6) is 0 Å². The van der Waals surface area contributed by atoms with Crippen LogP contribution in [0.3, 0.4) is 0 Å². The average Bonchev–Trinajstić information content (AvgIpc) is 2.19. The number of ketones is 1. The molecule has 3 atom stereocenters. The Morgan fingerprint density at radius 3 is 2.88 bits per heavy atom. The fourth-order valence-electron chi connectivity index (χ4n) is 2.85. The van der Waals surface area contributed by atoms with E-state index in [0.717, 1.165) is 6.42 Å². The summed E-state index contributed by atoms with van der Waals surface area (Å²) < 4.78 is 0. The van der Waals surface area contributed by atoms with Crippen LogP contribution in [0.4, 0.5) is 0 Å². The van der Waals surface area contributed by atoms with Crippen molar-refractivity contribution in [1.29, 1.82) is 0 Å². The van der Waals surface area contributed by atoms with Gasteiger partial charge in [0, 0.05) is 6.42 Å². The van der Waals surface area contributed by atoms with Gasteiger partial charge in [-0.1, -0.05) is 38.2 Å². The Kier molecular flexibility index (Phi) is 2.65. The van der Waals surface area contributed by atoms with Crippen LogP contribution in [-0.4, -0.2) is 5.78 Å². The molecule has 1 nitrogen and oxygen atoms in total. The molecular weight excluding hydrogens is 196 g/mol. The minimum Gasteiger partial charge on any atom is -0.295 e. The van der Waals surface area contributed by atoms with E-state index < -0.39 is 0 Å². The maximum Gasteiger partial charge on any atom is 0.156 e. The van der Waals surface area contributed by atoms with Gasteiger partial charge in [-0.2, -0.15) is 0 Å². The molecule has 0 spiro atoms. The zero-order valence-electron chi connectivity index (χ0n) is 10.4. The van der Waals surface area contributed by atoms with Crippen molar-refractivity contribution in [3.05, 3.63) is 36.0 Å². The van der Waals surface area contributed by atoms with Crippen molar-refractivity contribution in [2.24, 2.45) is 17.3 Å². The first-order chi connectivity index (χ1) is 7.43. The Bertz CT molecular complexity index is 400. The maximum atomic E-state index is 11.6. The normalized spacial score (nSPS) is 37.9. The van der Waals surface area contributed by atoms with Crippen molar-refractivity contribution in [3.8, 4) is 0 Å². The second-order valence-corrected chi connectivity index (χ2v) is 5.60. The minimum atomic E-state index is 0.159. The van der Waals surface area contributed by atoms with E-state index in [1.165, 1.54) is 11.1 Å². The largest absolute Gasteiger partial charge is 0.295 e. The molecule has 0 aromatic heterocycles. The standard InChI is InChI=1S/C15H20O/c1-10(2)12-5-6-13-8-14(16)7-11(3)15(13,4)9-12/h5-6,8,11-12H,1,7,9H2,2-4H3/t11-,12-,15+/m1/s1. The summed E-state index contributed by atoms with van der Waals surface area (Å²) in [5, 5.41) is 0. The van der Waals surface area contributed by atoms with Gasteiger partial charge in [0.2, 0.25) is 0 Å². The number of hydrogen-bond donors (Lipinski definition) is 0. The highest BCUT2D eigenvalue weighted by molar-refractivity contribution is 5.92. The van der Waals surface area contributed by atoms with Crippen molar-refractivity contribution in [2.45, 2.75) is 33.6 Å². The number of fused-ring (bicyclic) bond motifs is 1. The summed E-state index contributed by atoms with van der Waals surface area (Å²) in [4.78, 5) is 11.6. The summed E-state index contributed by atoms with van der Waals surface area (Å²) in [6.45, 7) is 10.6. The van der Waals surface area contributed by atoms with Crippen molar-refractivity contribution in [1.82, 2.24) is 0 Å². The molecule has 0 N–H and O–H groups in total. The van der Waals surface area contributed by atoms with Crippen LogP contribution in [0.1, 0.15) is 33.6 Å². The molecule has 2 aliphatic carbocycles. The third-order valence-corrected chi connectivity index (χ3v) is 4.36. The van der Waals surface area contributed by atoms with Gasteiger partial charge in [-0.15, -0.1) is 0 Å². The molecule has 0 bridgehead atoms. The second kappa shape index (κ2) is 3.73. The van der Waals surface area contributed by atoms with Crippen LogP contribution in [0.25, 0.3) is 0 Å². The van der Waals surface area contributed by atoms with Crippen LogP contribution >= 0.6 is 0 Å². The summed E-state index contributed by atoms with van der Waals surface area (Å²) in [6, 6.07) is 0. The third-order valence-electron chi connectivity index (χ3n) is 4.36. The zero-order valence-corrected chi connectivity index (χ0v) is 10.4. The van der Waals surface area contributed by atoms with Crippen LogP contribution in [0.2, 0.25) is 0 Å². The van der Waals surface area contributed by atoms with Gasteiger partial charge in [0.15, 0.2) is 5.78 Å². The molecule has 2 aliphatic rings. The number of carbonyl (C=O) groups excluding carboxylic acids is 1. The van der Waals surface area contributed by atoms with Crippen LogP contribution in [0, 0.1) is 17.3 Å². The summed E-state index contributed by atoms with van der Waals surface area (Å²) in [7, 11) is 0. The molecule has 86 valence electrons. The lowest BCUT2D eigenvalue weighted by molar-refractivity contribution is -0.117. The van der Waals surface area contributed by atoms with E-state index in [2.05, 4.69) is 39.5 Å². The molecule has 16 heavy (non-hydrogen) atoms. The van der Waals surface area contributed by atoms with E-state index in [0.29, 0.717) is 18.3 Å². The van der Waals surface area contributed by atoms with Crippen molar-refractivity contribution in [3.63, 3.8) is 0 Å². The Morgan fingerprint density at radius 2 is 2.25 bits per heavy atom. The quantitative estimate of drug-likeness (QED) is 0.611. The minimum absolute atomic E-state index is 0.159. The molecule has 0 aliphatic heterocycles. The summed E-state index contributed by atoms with van der Waals surface area (Å²) >= 11 is 0. The Balaban J connectivity index is 2.41. The Labute approximate surface area is 97.9 Å². The molecule has 0 unspecified atom stereocenters. The molecule has 0 amide bonds. The van der Waals surface area contributed by atoms with Gasteiger partial charge in [0.05, 0.1) is 0 Å². The fourth-order valence-corrected chi connectivity index (χ4v) is 2.85. The first kappa shape index (κ1) is 11.4. The average molecular weight is 216 g/mol. The molecule has 0 aromatic rings. The predicted octanol–water partition coefficient (Wildman–Crippen LogP) is 3.68.